The van der Waals surface area contributed by atoms with E-state index in [9.17, 15) is 14.7 Å². The number of amides is 1. The van der Waals surface area contributed by atoms with Crippen molar-refractivity contribution in [2.45, 2.75) is 44.1 Å². The van der Waals surface area contributed by atoms with Crippen molar-refractivity contribution >= 4 is 17.6 Å². The molecule has 3 N–H and O–H groups in total. The molecule has 0 unspecified atom stereocenters. The number of nitrogens with two attached hydrogens (primary N) is 1. The fourth-order valence-electron chi connectivity index (χ4n) is 3.52. The van der Waals surface area contributed by atoms with E-state index in [1.165, 1.54) is 0 Å². The highest BCUT2D eigenvalue weighted by Gasteiger charge is 2.41. The van der Waals surface area contributed by atoms with E-state index in [4.69, 9.17) is 5.73 Å². The lowest BCUT2D eigenvalue weighted by Gasteiger charge is -2.35. The maximum Gasteiger partial charge on any atom is 0.336 e. The van der Waals surface area contributed by atoms with Gasteiger partial charge in [-0.25, -0.2) is 4.79 Å². The third-order valence-electron chi connectivity index (χ3n) is 4.65. The molecule has 2 aliphatic rings. The summed E-state index contributed by atoms with van der Waals surface area (Å²) in [5, 5.41) is 9.30. The Balaban J connectivity index is 1.99. The first kappa shape index (κ1) is 14.1. The van der Waals surface area contributed by atoms with Crippen molar-refractivity contribution in [3.05, 3.63) is 29.3 Å². The second-order valence-electron chi connectivity index (χ2n) is 6.03. The summed E-state index contributed by atoms with van der Waals surface area (Å²) in [5.74, 6) is -0.993. The van der Waals surface area contributed by atoms with Gasteiger partial charge in [-0.05, 0) is 43.4 Å². The minimum atomic E-state index is -0.940. The number of carbonyl (C=O) groups excluding carboxylic acids is 1. The minimum Gasteiger partial charge on any atom is -0.478 e. The highest BCUT2D eigenvalue weighted by atomic mass is 16.4. The first-order valence-electron chi connectivity index (χ1n) is 7.49. The standard InChI is InChI=1S/C16H20N2O3/c17-16(8-1-2-9-16)15(21)18-10-4-6-11-12(14(19)20)5-3-7-13(11)18/h3,5,7H,1-2,4,6,8-10,17H2,(H,19,20). The number of hydrogen-bond acceptors (Lipinski definition) is 3. The fraction of sp³-hybridized carbons (Fsp3) is 0.500. The molecule has 0 bridgehead atoms. The average Bonchev–Trinajstić information content (AvgIpc) is 2.93. The topological polar surface area (TPSA) is 83.6 Å². The maximum atomic E-state index is 12.8. The van der Waals surface area contributed by atoms with Gasteiger partial charge in [0.05, 0.1) is 11.1 Å². The van der Waals surface area contributed by atoms with E-state index in [1.54, 1.807) is 17.0 Å². The second kappa shape index (κ2) is 5.15. The number of aromatic carboxylic acids is 1. The van der Waals surface area contributed by atoms with E-state index in [1.807, 2.05) is 6.07 Å². The van der Waals surface area contributed by atoms with E-state index in [0.717, 1.165) is 43.4 Å². The van der Waals surface area contributed by atoms with Crippen molar-refractivity contribution < 1.29 is 14.7 Å². The van der Waals surface area contributed by atoms with Gasteiger partial charge in [-0.3, -0.25) is 4.79 Å². The normalized spacial score (nSPS) is 20.1. The van der Waals surface area contributed by atoms with E-state index >= 15 is 0 Å². The number of benzene rings is 1. The van der Waals surface area contributed by atoms with Crippen molar-refractivity contribution in [3.63, 3.8) is 0 Å². The molecular formula is C16H20N2O3. The Hall–Kier alpha value is -1.88. The molecule has 1 aromatic carbocycles. The van der Waals surface area contributed by atoms with Crippen molar-refractivity contribution in [2.75, 3.05) is 11.4 Å². The number of rotatable bonds is 2. The SMILES string of the molecule is NC1(C(=O)N2CCCc3c(C(=O)O)cccc32)CCCC1. The number of nitrogens with zero attached hydrogens (tertiary/aromatic N) is 1. The number of carboxylic acid groups (broad SMARTS) is 1. The molecule has 0 saturated heterocycles. The van der Waals surface area contributed by atoms with Crippen LogP contribution in [-0.4, -0.2) is 29.1 Å². The Morgan fingerprint density at radius 3 is 2.57 bits per heavy atom. The molecule has 5 nitrogen and oxygen atoms in total. The van der Waals surface area contributed by atoms with Gasteiger partial charge in [0, 0.05) is 12.2 Å². The van der Waals surface area contributed by atoms with Crippen LogP contribution in [0.2, 0.25) is 0 Å². The van der Waals surface area contributed by atoms with Crippen molar-refractivity contribution in [1.82, 2.24) is 0 Å². The van der Waals surface area contributed by atoms with E-state index < -0.39 is 11.5 Å². The summed E-state index contributed by atoms with van der Waals surface area (Å²) < 4.78 is 0. The zero-order valence-corrected chi connectivity index (χ0v) is 12.0. The molecule has 112 valence electrons. The monoisotopic (exact) mass is 288 g/mol. The predicted molar refractivity (Wildman–Crippen MR) is 79.5 cm³/mol. The molecule has 0 radical (unpaired) electrons. The Morgan fingerprint density at radius 1 is 1.19 bits per heavy atom. The van der Waals surface area contributed by atoms with Gasteiger partial charge in [-0.1, -0.05) is 18.9 Å². The Labute approximate surface area is 123 Å². The van der Waals surface area contributed by atoms with Crippen LogP contribution >= 0.6 is 0 Å². The summed E-state index contributed by atoms with van der Waals surface area (Å²) >= 11 is 0. The van der Waals surface area contributed by atoms with Crippen LogP contribution in [0.1, 0.15) is 48.0 Å². The summed E-state index contributed by atoms with van der Waals surface area (Å²) in [6.07, 6.45) is 4.88. The first-order valence-corrected chi connectivity index (χ1v) is 7.49. The molecule has 1 fully saturated rings. The number of fused-ring (bicyclic) bond motifs is 1. The summed E-state index contributed by atoms with van der Waals surface area (Å²) in [5.41, 5.74) is 7.29. The van der Waals surface area contributed by atoms with E-state index in [-0.39, 0.29) is 5.91 Å². The highest BCUT2D eigenvalue weighted by molar-refractivity contribution is 6.02. The van der Waals surface area contributed by atoms with Gasteiger partial charge in [0.2, 0.25) is 5.91 Å². The third kappa shape index (κ3) is 2.31. The van der Waals surface area contributed by atoms with Crippen LogP contribution in [0.5, 0.6) is 0 Å². The van der Waals surface area contributed by atoms with E-state index in [2.05, 4.69) is 0 Å². The van der Waals surface area contributed by atoms with Gasteiger partial charge in [0.25, 0.3) is 0 Å². The molecule has 1 amide bonds. The molecule has 3 rings (SSSR count). The van der Waals surface area contributed by atoms with Gasteiger partial charge in [-0.2, -0.15) is 0 Å². The van der Waals surface area contributed by atoms with Gasteiger partial charge in [0.1, 0.15) is 0 Å². The molecule has 1 heterocycles. The summed E-state index contributed by atoms with van der Waals surface area (Å²) in [7, 11) is 0. The van der Waals surface area contributed by atoms with Crippen LogP contribution in [0.4, 0.5) is 5.69 Å². The lowest BCUT2D eigenvalue weighted by atomic mass is 9.92. The number of hydrogen-bond donors (Lipinski definition) is 2. The van der Waals surface area contributed by atoms with Crippen molar-refractivity contribution in [1.29, 1.82) is 0 Å². The van der Waals surface area contributed by atoms with Crippen molar-refractivity contribution in [3.8, 4) is 0 Å². The van der Waals surface area contributed by atoms with Gasteiger partial charge in [-0.15, -0.1) is 0 Å². The molecule has 1 aliphatic carbocycles. The zero-order chi connectivity index (χ0) is 15.0. The molecular weight excluding hydrogens is 268 g/mol. The quantitative estimate of drug-likeness (QED) is 0.871. The minimum absolute atomic E-state index is 0.0523. The Morgan fingerprint density at radius 2 is 1.90 bits per heavy atom. The van der Waals surface area contributed by atoms with Crippen LogP contribution in [0.3, 0.4) is 0 Å². The Bertz CT molecular complexity index is 591. The van der Waals surface area contributed by atoms with Crippen LogP contribution in [0, 0.1) is 0 Å². The number of carboxylic acids is 1. The third-order valence-corrected chi connectivity index (χ3v) is 4.65. The molecule has 1 saturated carbocycles. The number of carbonyl (C=O) groups is 2. The van der Waals surface area contributed by atoms with Gasteiger partial charge < -0.3 is 15.7 Å². The molecule has 0 spiro atoms. The lowest BCUT2D eigenvalue weighted by Crippen LogP contribution is -2.55. The summed E-state index contributed by atoms with van der Waals surface area (Å²) in [6, 6.07) is 5.13. The summed E-state index contributed by atoms with van der Waals surface area (Å²) in [6.45, 7) is 0.619. The lowest BCUT2D eigenvalue weighted by molar-refractivity contribution is -0.123. The molecule has 5 heteroatoms. The smallest absolute Gasteiger partial charge is 0.336 e. The molecule has 1 aromatic rings. The second-order valence-corrected chi connectivity index (χ2v) is 6.03. The van der Waals surface area contributed by atoms with Crippen LogP contribution in [-0.2, 0) is 11.2 Å². The largest absolute Gasteiger partial charge is 0.478 e. The van der Waals surface area contributed by atoms with Crippen LogP contribution in [0.15, 0.2) is 18.2 Å². The zero-order valence-electron chi connectivity index (χ0n) is 12.0. The molecule has 1 aliphatic heterocycles. The predicted octanol–water partition coefficient (Wildman–Crippen LogP) is 1.94. The molecule has 0 aromatic heterocycles. The van der Waals surface area contributed by atoms with Crippen LogP contribution < -0.4 is 10.6 Å². The first-order chi connectivity index (χ1) is 10.0. The van der Waals surface area contributed by atoms with Crippen molar-refractivity contribution in [2.24, 2.45) is 5.73 Å². The van der Waals surface area contributed by atoms with E-state index in [0.29, 0.717) is 18.5 Å². The Kier molecular flexibility index (Phi) is 3.45. The molecule has 0 atom stereocenters. The highest BCUT2D eigenvalue weighted by Crippen LogP contribution is 2.35. The van der Waals surface area contributed by atoms with Crippen LogP contribution in [0.25, 0.3) is 0 Å². The maximum absolute atomic E-state index is 12.8. The fourth-order valence-corrected chi connectivity index (χ4v) is 3.52. The molecule has 21 heavy (non-hydrogen) atoms. The summed E-state index contributed by atoms with van der Waals surface area (Å²) in [4.78, 5) is 25.9. The van der Waals surface area contributed by atoms with Gasteiger partial charge >= 0.3 is 5.97 Å². The average molecular weight is 288 g/mol. The number of anilines is 1. The van der Waals surface area contributed by atoms with Gasteiger partial charge in [0.15, 0.2) is 0 Å².